The zero-order valence-corrected chi connectivity index (χ0v) is 13.5. The highest BCUT2D eigenvalue weighted by Gasteiger charge is 2.30. The Morgan fingerprint density at radius 3 is 2.69 bits per heavy atom. The first-order chi connectivity index (χ1) is 12.6. The summed E-state index contributed by atoms with van der Waals surface area (Å²) in [5.74, 6) is -0.173. The molecule has 0 bridgehead atoms. The third-order valence-electron chi connectivity index (χ3n) is 4.29. The van der Waals surface area contributed by atoms with E-state index in [1.807, 2.05) is 0 Å². The number of hydrogen-bond acceptors (Lipinski definition) is 4. The lowest BCUT2D eigenvalue weighted by Crippen LogP contribution is -2.40. The molecule has 1 aromatic carbocycles. The average Bonchev–Trinajstić information content (AvgIpc) is 3.26. The van der Waals surface area contributed by atoms with Gasteiger partial charge in [0.2, 0.25) is 0 Å². The minimum Gasteiger partial charge on any atom is -0.329 e. The summed E-state index contributed by atoms with van der Waals surface area (Å²) in [6.45, 7) is 0.550. The number of hydrogen-bond donors (Lipinski definition) is 1. The maximum Gasteiger partial charge on any atom is 0.343 e. The van der Waals surface area contributed by atoms with Crippen molar-refractivity contribution < 1.29 is 13.6 Å². The predicted octanol–water partition coefficient (Wildman–Crippen LogP) is 1.35. The summed E-state index contributed by atoms with van der Waals surface area (Å²) in [5.41, 5.74) is -0.514. The number of aromatic nitrogens is 5. The van der Waals surface area contributed by atoms with Crippen molar-refractivity contribution in [1.82, 2.24) is 29.4 Å². The normalized spacial score (nSPS) is 13.9. The van der Waals surface area contributed by atoms with E-state index in [0.29, 0.717) is 11.5 Å². The first-order valence-corrected chi connectivity index (χ1v) is 7.91. The minimum absolute atomic E-state index is 0.0662. The van der Waals surface area contributed by atoms with Gasteiger partial charge in [-0.1, -0.05) is 18.2 Å². The van der Waals surface area contributed by atoms with Crippen LogP contribution in [0.15, 0.2) is 41.3 Å². The molecule has 3 aromatic rings. The second-order valence-electron chi connectivity index (χ2n) is 5.81. The van der Waals surface area contributed by atoms with Crippen molar-refractivity contribution >= 4 is 5.91 Å². The third kappa shape index (κ3) is 2.59. The van der Waals surface area contributed by atoms with Crippen molar-refractivity contribution in [3.8, 4) is 5.69 Å². The number of amides is 1. The zero-order valence-electron chi connectivity index (χ0n) is 13.5. The van der Waals surface area contributed by atoms with Crippen LogP contribution in [0.4, 0.5) is 8.78 Å². The van der Waals surface area contributed by atoms with Gasteiger partial charge < -0.3 is 4.90 Å². The standard InChI is InChI=1S/C16H14F2N6O2/c17-14(18)13-11(8-19-24(13)10-4-2-1-3-5-10)15(25)22-6-7-23-12(9-22)20-21-16(23)26/h1-5,8,14H,6-7,9H2,(H,21,26). The van der Waals surface area contributed by atoms with Gasteiger partial charge in [0.05, 0.1) is 24.0 Å². The van der Waals surface area contributed by atoms with Crippen molar-refractivity contribution in [1.29, 1.82) is 0 Å². The molecule has 0 fully saturated rings. The summed E-state index contributed by atoms with van der Waals surface area (Å²) >= 11 is 0. The molecule has 0 saturated heterocycles. The van der Waals surface area contributed by atoms with Crippen molar-refractivity contribution in [3.63, 3.8) is 0 Å². The van der Waals surface area contributed by atoms with Gasteiger partial charge in [-0.15, -0.1) is 0 Å². The number of para-hydroxylation sites is 1. The van der Waals surface area contributed by atoms with Gasteiger partial charge in [0.15, 0.2) is 5.82 Å². The number of halogens is 2. The molecule has 0 atom stereocenters. The van der Waals surface area contributed by atoms with Crippen LogP contribution in [0, 0.1) is 0 Å². The Morgan fingerprint density at radius 1 is 1.19 bits per heavy atom. The average molecular weight is 360 g/mol. The summed E-state index contributed by atoms with van der Waals surface area (Å²) in [6.07, 6.45) is -1.71. The van der Waals surface area contributed by atoms with Gasteiger partial charge >= 0.3 is 5.69 Å². The van der Waals surface area contributed by atoms with Gasteiger partial charge in [-0.05, 0) is 12.1 Å². The lowest BCUT2D eigenvalue weighted by Gasteiger charge is -2.26. The van der Waals surface area contributed by atoms with E-state index in [1.165, 1.54) is 9.47 Å². The molecule has 0 aliphatic carbocycles. The summed E-state index contributed by atoms with van der Waals surface area (Å²) in [5, 5.41) is 10.2. The van der Waals surface area contributed by atoms with Crippen molar-refractivity contribution in [2.24, 2.45) is 0 Å². The van der Waals surface area contributed by atoms with Gasteiger partial charge in [-0.3, -0.25) is 9.36 Å². The summed E-state index contributed by atoms with van der Waals surface area (Å²) in [4.78, 5) is 25.7. The minimum atomic E-state index is -2.87. The summed E-state index contributed by atoms with van der Waals surface area (Å²) in [7, 11) is 0. The maximum absolute atomic E-state index is 13.7. The van der Waals surface area contributed by atoms with Crippen LogP contribution in [0.1, 0.15) is 28.3 Å². The number of carbonyl (C=O) groups is 1. The van der Waals surface area contributed by atoms with Gasteiger partial charge in [-0.25, -0.2) is 23.4 Å². The van der Waals surface area contributed by atoms with E-state index in [2.05, 4.69) is 15.3 Å². The number of fused-ring (bicyclic) bond motifs is 1. The molecule has 3 heterocycles. The fourth-order valence-corrected chi connectivity index (χ4v) is 3.02. The lowest BCUT2D eigenvalue weighted by molar-refractivity contribution is 0.0693. The van der Waals surface area contributed by atoms with Crippen LogP contribution in [0.2, 0.25) is 0 Å². The molecular weight excluding hydrogens is 346 g/mol. The number of aromatic amines is 1. The Hall–Kier alpha value is -3.30. The molecule has 0 unspecified atom stereocenters. The van der Waals surface area contributed by atoms with E-state index < -0.39 is 18.0 Å². The number of carbonyl (C=O) groups excluding carboxylic acids is 1. The summed E-state index contributed by atoms with van der Waals surface area (Å²) < 4.78 is 29.9. The molecule has 10 heteroatoms. The second-order valence-corrected chi connectivity index (χ2v) is 5.81. The Balaban J connectivity index is 1.69. The molecule has 0 radical (unpaired) electrons. The Morgan fingerprint density at radius 2 is 1.96 bits per heavy atom. The largest absolute Gasteiger partial charge is 0.343 e. The molecule has 1 amide bonds. The first kappa shape index (κ1) is 16.2. The van der Waals surface area contributed by atoms with E-state index in [0.717, 1.165) is 10.9 Å². The smallest absolute Gasteiger partial charge is 0.329 e. The van der Waals surface area contributed by atoms with Crippen LogP contribution >= 0.6 is 0 Å². The highest BCUT2D eigenvalue weighted by Crippen LogP contribution is 2.27. The van der Waals surface area contributed by atoms with E-state index >= 15 is 0 Å². The third-order valence-corrected chi connectivity index (χ3v) is 4.29. The van der Waals surface area contributed by atoms with E-state index in [9.17, 15) is 18.4 Å². The van der Waals surface area contributed by atoms with Crippen LogP contribution in [0.3, 0.4) is 0 Å². The van der Waals surface area contributed by atoms with Crippen LogP contribution in [0.25, 0.3) is 5.69 Å². The highest BCUT2D eigenvalue weighted by atomic mass is 19.3. The van der Waals surface area contributed by atoms with Gasteiger partial charge in [0.25, 0.3) is 12.3 Å². The molecule has 1 N–H and O–H groups in total. The van der Waals surface area contributed by atoms with Crippen molar-refractivity contribution in [3.05, 3.63) is 64.1 Å². The number of nitrogens with one attached hydrogen (secondary N) is 1. The van der Waals surface area contributed by atoms with Gasteiger partial charge in [-0.2, -0.15) is 10.2 Å². The molecule has 26 heavy (non-hydrogen) atoms. The quantitative estimate of drug-likeness (QED) is 0.764. The molecule has 1 aliphatic rings. The molecule has 0 saturated carbocycles. The topological polar surface area (TPSA) is 88.8 Å². The second kappa shape index (κ2) is 6.21. The maximum atomic E-state index is 13.7. The number of benzene rings is 1. The molecular formula is C16H14F2N6O2. The number of rotatable bonds is 3. The van der Waals surface area contributed by atoms with Crippen LogP contribution < -0.4 is 5.69 Å². The predicted molar refractivity (Wildman–Crippen MR) is 86.1 cm³/mol. The van der Waals surface area contributed by atoms with Crippen molar-refractivity contribution in [2.45, 2.75) is 19.5 Å². The van der Waals surface area contributed by atoms with E-state index in [1.54, 1.807) is 30.3 Å². The molecule has 2 aromatic heterocycles. The SMILES string of the molecule is O=C(c1cnn(-c2ccccc2)c1C(F)F)N1CCn2c(n[nH]c2=O)C1. The van der Waals surface area contributed by atoms with Gasteiger partial charge in [0, 0.05) is 13.1 Å². The van der Waals surface area contributed by atoms with Crippen LogP contribution in [-0.2, 0) is 13.1 Å². The van der Waals surface area contributed by atoms with Crippen LogP contribution in [-0.4, -0.2) is 41.9 Å². The van der Waals surface area contributed by atoms with Crippen LogP contribution in [0.5, 0.6) is 0 Å². The fourth-order valence-electron chi connectivity index (χ4n) is 3.02. The number of H-pyrrole nitrogens is 1. The Bertz CT molecular complexity index is 1010. The highest BCUT2D eigenvalue weighted by molar-refractivity contribution is 5.95. The number of alkyl halides is 2. The molecule has 8 nitrogen and oxygen atoms in total. The lowest BCUT2D eigenvalue weighted by atomic mass is 10.2. The monoisotopic (exact) mass is 360 g/mol. The van der Waals surface area contributed by atoms with Gasteiger partial charge in [0.1, 0.15) is 5.69 Å². The Labute approximate surface area is 145 Å². The zero-order chi connectivity index (χ0) is 18.3. The van der Waals surface area contributed by atoms with E-state index in [4.69, 9.17) is 0 Å². The molecule has 4 rings (SSSR count). The van der Waals surface area contributed by atoms with E-state index in [-0.39, 0.29) is 30.9 Å². The fraction of sp³-hybridized carbons (Fsp3) is 0.250. The Kier molecular flexibility index (Phi) is 3.86. The number of nitrogens with zero attached hydrogens (tertiary/aromatic N) is 5. The summed E-state index contributed by atoms with van der Waals surface area (Å²) in [6, 6.07) is 8.44. The molecule has 0 spiro atoms. The molecule has 134 valence electrons. The van der Waals surface area contributed by atoms with Crippen molar-refractivity contribution in [2.75, 3.05) is 6.54 Å². The molecule has 1 aliphatic heterocycles. The first-order valence-electron chi connectivity index (χ1n) is 7.91.